The van der Waals surface area contributed by atoms with E-state index in [1.807, 2.05) is 0 Å². The van der Waals surface area contributed by atoms with Crippen molar-refractivity contribution in [2.45, 2.75) is 38.6 Å². The third kappa shape index (κ3) is 4.58. The number of pyridine rings is 1. The smallest absolute Gasteiger partial charge is 0.340 e. The molecule has 22 heavy (non-hydrogen) atoms. The van der Waals surface area contributed by atoms with Crippen LogP contribution in [0.4, 0.5) is 0 Å². The molecule has 1 aromatic rings. The summed E-state index contributed by atoms with van der Waals surface area (Å²) in [5, 5.41) is 3.19. The minimum atomic E-state index is -0.655. The molecular weight excluding hydrogens is 327 g/mol. The molecule has 5 nitrogen and oxygen atoms in total. The third-order valence-electron chi connectivity index (χ3n) is 3.82. The lowest BCUT2D eigenvalue weighted by atomic mass is 9.86. The SMILES string of the molecule is C[C@H]1CCCC[C@@H]1NC(=O)COC(=O)c1cnc(Cl)c(Cl)c1. The van der Waals surface area contributed by atoms with E-state index in [0.29, 0.717) is 5.92 Å². The van der Waals surface area contributed by atoms with Crippen LogP contribution in [0.5, 0.6) is 0 Å². The zero-order valence-corrected chi connectivity index (χ0v) is 13.8. The molecule has 0 spiro atoms. The van der Waals surface area contributed by atoms with Crippen LogP contribution in [-0.2, 0) is 9.53 Å². The van der Waals surface area contributed by atoms with Crippen LogP contribution in [0.3, 0.4) is 0 Å². The number of ether oxygens (including phenoxy) is 1. The van der Waals surface area contributed by atoms with Crippen LogP contribution in [0.25, 0.3) is 0 Å². The monoisotopic (exact) mass is 344 g/mol. The molecule has 0 unspecified atom stereocenters. The van der Waals surface area contributed by atoms with Crippen molar-refractivity contribution in [3.05, 3.63) is 28.0 Å². The van der Waals surface area contributed by atoms with Gasteiger partial charge in [0.1, 0.15) is 5.15 Å². The Morgan fingerprint density at radius 2 is 2.09 bits per heavy atom. The third-order valence-corrected chi connectivity index (χ3v) is 4.51. The van der Waals surface area contributed by atoms with E-state index in [9.17, 15) is 9.59 Å². The Hall–Kier alpha value is -1.33. The van der Waals surface area contributed by atoms with E-state index >= 15 is 0 Å². The summed E-state index contributed by atoms with van der Waals surface area (Å²) >= 11 is 11.5. The number of carbonyl (C=O) groups excluding carboxylic acids is 2. The molecule has 1 aromatic heterocycles. The first kappa shape index (κ1) is 17.0. The fourth-order valence-electron chi connectivity index (χ4n) is 2.53. The maximum Gasteiger partial charge on any atom is 0.340 e. The van der Waals surface area contributed by atoms with Crippen molar-refractivity contribution in [1.82, 2.24) is 10.3 Å². The largest absolute Gasteiger partial charge is 0.452 e. The average molecular weight is 345 g/mol. The van der Waals surface area contributed by atoms with Gasteiger partial charge in [-0.05, 0) is 24.8 Å². The van der Waals surface area contributed by atoms with Gasteiger partial charge in [0.2, 0.25) is 0 Å². The highest BCUT2D eigenvalue weighted by Gasteiger charge is 2.23. The normalized spacial score (nSPS) is 21.2. The molecule has 0 radical (unpaired) electrons. The number of amides is 1. The number of halogens is 2. The Kier molecular flexibility index (Phi) is 6.03. The highest BCUT2D eigenvalue weighted by Crippen LogP contribution is 2.23. The lowest BCUT2D eigenvalue weighted by Gasteiger charge is -2.29. The summed E-state index contributed by atoms with van der Waals surface area (Å²) in [6.45, 7) is 1.81. The van der Waals surface area contributed by atoms with Gasteiger partial charge in [-0.2, -0.15) is 0 Å². The molecule has 1 aliphatic rings. The molecular formula is C15H18Cl2N2O3. The van der Waals surface area contributed by atoms with Crippen LogP contribution in [-0.4, -0.2) is 29.5 Å². The van der Waals surface area contributed by atoms with Crippen LogP contribution in [0, 0.1) is 5.92 Å². The summed E-state index contributed by atoms with van der Waals surface area (Å²) in [6.07, 6.45) is 5.66. The Bertz CT molecular complexity index is 566. The van der Waals surface area contributed by atoms with Gasteiger partial charge < -0.3 is 10.1 Å². The minimum absolute atomic E-state index is 0.113. The average Bonchev–Trinajstić information content (AvgIpc) is 2.50. The van der Waals surface area contributed by atoms with E-state index < -0.39 is 5.97 Å². The molecule has 1 fully saturated rings. The highest BCUT2D eigenvalue weighted by atomic mass is 35.5. The van der Waals surface area contributed by atoms with Crippen molar-refractivity contribution in [3.63, 3.8) is 0 Å². The molecule has 1 N–H and O–H groups in total. The van der Waals surface area contributed by atoms with Crippen molar-refractivity contribution in [3.8, 4) is 0 Å². The van der Waals surface area contributed by atoms with Crippen molar-refractivity contribution < 1.29 is 14.3 Å². The number of rotatable bonds is 4. The van der Waals surface area contributed by atoms with E-state index in [-0.39, 0.29) is 34.3 Å². The van der Waals surface area contributed by atoms with E-state index in [2.05, 4.69) is 17.2 Å². The zero-order chi connectivity index (χ0) is 16.1. The topological polar surface area (TPSA) is 68.3 Å². The molecule has 1 saturated carbocycles. The Labute approximate surface area is 139 Å². The van der Waals surface area contributed by atoms with Gasteiger partial charge in [-0.3, -0.25) is 4.79 Å². The lowest BCUT2D eigenvalue weighted by Crippen LogP contribution is -2.42. The second-order valence-electron chi connectivity index (χ2n) is 5.51. The van der Waals surface area contributed by atoms with Crippen LogP contribution >= 0.6 is 23.2 Å². The summed E-state index contributed by atoms with van der Waals surface area (Å²) in [5.74, 6) is -0.495. The first-order valence-electron chi connectivity index (χ1n) is 7.25. The first-order valence-corrected chi connectivity index (χ1v) is 8.00. The summed E-state index contributed by atoms with van der Waals surface area (Å²) in [7, 11) is 0. The molecule has 1 aliphatic carbocycles. The lowest BCUT2D eigenvalue weighted by molar-refractivity contribution is -0.125. The number of carbonyl (C=O) groups is 2. The van der Waals surface area contributed by atoms with Gasteiger partial charge in [0, 0.05) is 12.2 Å². The molecule has 1 heterocycles. The van der Waals surface area contributed by atoms with Gasteiger partial charge in [0.25, 0.3) is 5.91 Å². The summed E-state index contributed by atoms with van der Waals surface area (Å²) < 4.78 is 4.97. The predicted octanol–water partition coefficient (Wildman–Crippen LogP) is 3.24. The van der Waals surface area contributed by atoms with E-state index in [1.54, 1.807) is 0 Å². The molecule has 2 atom stereocenters. The van der Waals surface area contributed by atoms with Crippen LogP contribution < -0.4 is 5.32 Å². The first-order chi connectivity index (χ1) is 10.5. The minimum Gasteiger partial charge on any atom is -0.452 e. The summed E-state index contributed by atoms with van der Waals surface area (Å²) in [5.41, 5.74) is 0.160. The Morgan fingerprint density at radius 3 is 2.77 bits per heavy atom. The van der Waals surface area contributed by atoms with Crippen LogP contribution in [0.2, 0.25) is 10.2 Å². The number of esters is 1. The molecule has 120 valence electrons. The Balaban J connectivity index is 1.82. The van der Waals surface area contributed by atoms with Gasteiger partial charge in [-0.1, -0.05) is 43.0 Å². The predicted molar refractivity (Wildman–Crippen MR) is 84.1 cm³/mol. The molecule has 0 aromatic carbocycles. The van der Waals surface area contributed by atoms with E-state index in [1.165, 1.54) is 18.7 Å². The van der Waals surface area contributed by atoms with Gasteiger partial charge in [-0.25, -0.2) is 9.78 Å². The number of nitrogens with zero attached hydrogens (tertiary/aromatic N) is 1. The fraction of sp³-hybridized carbons (Fsp3) is 0.533. The van der Waals surface area contributed by atoms with Gasteiger partial charge in [0.05, 0.1) is 10.6 Å². The van der Waals surface area contributed by atoms with Crippen LogP contribution in [0.15, 0.2) is 12.3 Å². The molecule has 7 heteroatoms. The molecule has 2 rings (SSSR count). The second kappa shape index (κ2) is 7.79. The van der Waals surface area contributed by atoms with Crippen molar-refractivity contribution >= 4 is 35.1 Å². The summed E-state index contributed by atoms with van der Waals surface area (Å²) in [6, 6.07) is 1.52. The summed E-state index contributed by atoms with van der Waals surface area (Å²) in [4.78, 5) is 27.5. The molecule has 0 saturated heterocycles. The van der Waals surface area contributed by atoms with Gasteiger partial charge in [0.15, 0.2) is 6.61 Å². The highest BCUT2D eigenvalue weighted by molar-refractivity contribution is 6.41. The maximum atomic E-state index is 11.9. The standard InChI is InChI=1S/C15H18Cl2N2O3/c1-9-4-2-3-5-12(9)19-13(20)8-22-15(21)10-6-11(16)14(17)18-7-10/h6-7,9,12H,2-5,8H2,1H3,(H,19,20)/t9-,12-/m0/s1. The van der Waals surface area contributed by atoms with Crippen molar-refractivity contribution in [2.24, 2.45) is 5.92 Å². The molecule has 0 bridgehead atoms. The van der Waals surface area contributed by atoms with E-state index in [0.717, 1.165) is 19.3 Å². The van der Waals surface area contributed by atoms with Crippen molar-refractivity contribution in [1.29, 1.82) is 0 Å². The number of aromatic nitrogens is 1. The molecule has 0 aliphatic heterocycles. The fourth-order valence-corrected chi connectivity index (χ4v) is 2.80. The van der Waals surface area contributed by atoms with Crippen molar-refractivity contribution in [2.75, 3.05) is 6.61 Å². The number of nitrogens with one attached hydrogen (secondary N) is 1. The maximum absolute atomic E-state index is 11.9. The van der Waals surface area contributed by atoms with E-state index in [4.69, 9.17) is 27.9 Å². The molecule has 1 amide bonds. The quantitative estimate of drug-likeness (QED) is 0.672. The second-order valence-corrected chi connectivity index (χ2v) is 6.27. The van der Waals surface area contributed by atoms with Gasteiger partial charge >= 0.3 is 5.97 Å². The zero-order valence-electron chi connectivity index (χ0n) is 12.3. The van der Waals surface area contributed by atoms with Crippen LogP contribution in [0.1, 0.15) is 43.0 Å². The number of hydrogen-bond donors (Lipinski definition) is 1. The van der Waals surface area contributed by atoms with Gasteiger partial charge in [-0.15, -0.1) is 0 Å². The number of hydrogen-bond acceptors (Lipinski definition) is 4. The Morgan fingerprint density at radius 1 is 1.36 bits per heavy atom.